The Kier molecular flexibility index (Phi) is 7.74. The molecule has 104 valence electrons. The number of unbranched alkanes of at least 4 members (excludes halogenated alkanes) is 7. The van der Waals surface area contributed by atoms with E-state index in [4.69, 9.17) is 0 Å². The highest BCUT2D eigenvalue weighted by molar-refractivity contribution is 5.03. The number of hydrogen-bond acceptors (Lipinski definition) is 2. The van der Waals surface area contributed by atoms with Crippen molar-refractivity contribution >= 4 is 0 Å². The molecule has 0 saturated carbocycles. The maximum Gasteiger partial charge on any atom is 0.0956 e. The van der Waals surface area contributed by atoms with Gasteiger partial charge in [-0.3, -0.25) is 4.68 Å². The van der Waals surface area contributed by atoms with Crippen LogP contribution < -0.4 is 0 Å². The van der Waals surface area contributed by atoms with Crippen molar-refractivity contribution in [3.05, 3.63) is 18.0 Å². The van der Waals surface area contributed by atoms with Crippen molar-refractivity contribution in [1.82, 2.24) is 9.78 Å². The van der Waals surface area contributed by atoms with Gasteiger partial charge in [-0.25, -0.2) is 0 Å². The van der Waals surface area contributed by atoms with E-state index < -0.39 is 0 Å². The van der Waals surface area contributed by atoms with Crippen LogP contribution in [0.1, 0.15) is 76.5 Å². The molecule has 1 N–H and O–H groups in total. The molecular weight excluding hydrogens is 224 g/mol. The summed E-state index contributed by atoms with van der Waals surface area (Å²) in [6, 6.07) is 1.90. The predicted octanol–water partition coefficient (Wildman–Crippen LogP) is 3.98. The summed E-state index contributed by atoms with van der Waals surface area (Å²) in [7, 11) is 1.88. The smallest absolute Gasteiger partial charge is 0.0956 e. The van der Waals surface area contributed by atoms with E-state index in [1.165, 1.54) is 44.9 Å². The minimum atomic E-state index is -0.349. The summed E-state index contributed by atoms with van der Waals surface area (Å²) in [5.74, 6) is 0. The molecule has 0 fully saturated rings. The third kappa shape index (κ3) is 5.67. The van der Waals surface area contributed by atoms with Gasteiger partial charge in [-0.15, -0.1) is 0 Å². The average Bonchev–Trinajstić information content (AvgIpc) is 2.79. The largest absolute Gasteiger partial charge is 0.387 e. The Hall–Kier alpha value is -0.830. The number of aromatic nitrogens is 2. The zero-order valence-electron chi connectivity index (χ0n) is 11.9. The maximum atomic E-state index is 10.0. The zero-order valence-corrected chi connectivity index (χ0v) is 11.9. The van der Waals surface area contributed by atoms with Crippen LogP contribution in [0.25, 0.3) is 0 Å². The second kappa shape index (κ2) is 9.15. The zero-order chi connectivity index (χ0) is 13.2. The highest BCUT2D eigenvalue weighted by Crippen LogP contribution is 2.19. The first-order chi connectivity index (χ1) is 8.75. The second-order valence-electron chi connectivity index (χ2n) is 5.16. The van der Waals surface area contributed by atoms with Crippen molar-refractivity contribution in [3.63, 3.8) is 0 Å². The molecule has 0 aliphatic rings. The molecule has 0 spiro atoms. The fourth-order valence-electron chi connectivity index (χ4n) is 2.33. The minimum absolute atomic E-state index is 0.349. The van der Waals surface area contributed by atoms with Gasteiger partial charge in [0.15, 0.2) is 0 Å². The maximum absolute atomic E-state index is 10.0. The molecule has 0 aliphatic heterocycles. The van der Waals surface area contributed by atoms with Crippen LogP contribution in [0.15, 0.2) is 12.3 Å². The van der Waals surface area contributed by atoms with Gasteiger partial charge in [-0.1, -0.05) is 58.3 Å². The Balaban J connectivity index is 1.99. The Labute approximate surface area is 111 Å². The third-order valence-electron chi connectivity index (χ3n) is 3.53. The van der Waals surface area contributed by atoms with E-state index in [0.717, 1.165) is 18.5 Å². The molecule has 0 bridgehead atoms. The standard InChI is InChI=1S/C15H28N2O/c1-3-4-5-6-7-8-9-10-11-15(18)14-12-13-16-17(14)2/h12-13,15,18H,3-11H2,1-2H3. The number of aryl methyl sites for hydroxylation is 1. The van der Waals surface area contributed by atoms with E-state index >= 15 is 0 Å². The Morgan fingerprint density at radius 3 is 2.28 bits per heavy atom. The summed E-state index contributed by atoms with van der Waals surface area (Å²) in [5, 5.41) is 14.1. The molecule has 1 aromatic rings. The van der Waals surface area contributed by atoms with E-state index in [1.54, 1.807) is 10.9 Å². The third-order valence-corrected chi connectivity index (χ3v) is 3.53. The van der Waals surface area contributed by atoms with E-state index in [1.807, 2.05) is 13.1 Å². The van der Waals surface area contributed by atoms with Crippen LogP contribution >= 0.6 is 0 Å². The lowest BCUT2D eigenvalue weighted by Gasteiger charge is -2.10. The molecule has 1 heterocycles. The summed E-state index contributed by atoms with van der Waals surface area (Å²) < 4.78 is 1.76. The molecule has 0 radical (unpaired) electrons. The second-order valence-corrected chi connectivity index (χ2v) is 5.16. The average molecular weight is 252 g/mol. The topological polar surface area (TPSA) is 38.1 Å². The Morgan fingerprint density at radius 2 is 1.72 bits per heavy atom. The molecular formula is C15H28N2O. The summed E-state index contributed by atoms with van der Waals surface area (Å²) in [5.41, 5.74) is 0.929. The van der Waals surface area contributed by atoms with E-state index in [0.29, 0.717) is 0 Å². The molecule has 0 amide bonds. The Morgan fingerprint density at radius 1 is 1.11 bits per heavy atom. The fraction of sp³-hybridized carbons (Fsp3) is 0.800. The van der Waals surface area contributed by atoms with Gasteiger partial charge < -0.3 is 5.11 Å². The lowest BCUT2D eigenvalue weighted by atomic mass is 10.0. The Bertz CT molecular complexity index is 309. The van der Waals surface area contributed by atoms with Gasteiger partial charge >= 0.3 is 0 Å². The molecule has 3 nitrogen and oxygen atoms in total. The summed E-state index contributed by atoms with van der Waals surface area (Å²) in [6.45, 7) is 2.25. The monoisotopic (exact) mass is 252 g/mol. The quantitative estimate of drug-likeness (QED) is 0.639. The van der Waals surface area contributed by atoms with Crippen LogP contribution in [0.4, 0.5) is 0 Å². The molecule has 1 aromatic heterocycles. The van der Waals surface area contributed by atoms with Crippen LogP contribution in [0.2, 0.25) is 0 Å². The first-order valence-corrected chi connectivity index (χ1v) is 7.41. The van der Waals surface area contributed by atoms with Crippen molar-refractivity contribution in [1.29, 1.82) is 0 Å². The first-order valence-electron chi connectivity index (χ1n) is 7.41. The summed E-state index contributed by atoms with van der Waals surface area (Å²) in [6.07, 6.45) is 12.7. The van der Waals surface area contributed by atoms with E-state index in [9.17, 15) is 5.11 Å². The molecule has 0 aliphatic carbocycles. The van der Waals surface area contributed by atoms with Crippen LogP contribution in [-0.4, -0.2) is 14.9 Å². The lowest BCUT2D eigenvalue weighted by Crippen LogP contribution is -2.05. The normalized spacial score (nSPS) is 12.8. The number of nitrogens with zero attached hydrogens (tertiary/aromatic N) is 2. The van der Waals surface area contributed by atoms with E-state index in [2.05, 4.69) is 12.0 Å². The van der Waals surface area contributed by atoms with Crippen LogP contribution in [-0.2, 0) is 7.05 Å². The van der Waals surface area contributed by atoms with Gasteiger partial charge in [0.2, 0.25) is 0 Å². The van der Waals surface area contributed by atoms with Crippen LogP contribution in [0.5, 0.6) is 0 Å². The highest BCUT2D eigenvalue weighted by Gasteiger charge is 2.10. The summed E-state index contributed by atoms with van der Waals surface area (Å²) >= 11 is 0. The first kappa shape index (κ1) is 15.2. The summed E-state index contributed by atoms with van der Waals surface area (Å²) in [4.78, 5) is 0. The molecule has 0 aromatic carbocycles. The van der Waals surface area contributed by atoms with Gasteiger partial charge in [0, 0.05) is 13.2 Å². The van der Waals surface area contributed by atoms with Gasteiger partial charge in [-0.05, 0) is 12.5 Å². The number of rotatable bonds is 10. The van der Waals surface area contributed by atoms with Crippen molar-refractivity contribution < 1.29 is 5.11 Å². The number of aliphatic hydroxyl groups is 1. The lowest BCUT2D eigenvalue weighted by molar-refractivity contribution is 0.154. The van der Waals surface area contributed by atoms with Gasteiger partial charge in [0.1, 0.15) is 0 Å². The van der Waals surface area contributed by atoms with Gasteiger partial charge in [-0.2, -0.15) is 5.10 Å². The molecule has 1 rings (SSSR count). The molecule has 0 saturated heterocycles. The van der Waals surface area contributed by atoms with Crippen molar-refractivity contribution in [2.45, 2.75) is 70.8 Å². The van der Waals surface area contributed by atoms with E-state index in [-0.39, 0.29) is 6.10 Å². The van der Waals surface area contributed by atoms with Crippen LogP contribution in [0, 0.1) is 0 Å². The van der Waals surface area contributed by atoms with Crippen molar-refractivity contribution in [2.24, 2.45) is 7.05 Å². The SMILES string of the molecule is CCCCCCCCCCC(O)c1ccnn1C. The fourth-order valence-corrected chi connectivity index (χ4v) is 2.33. The molecule has 1 atom stereocenters. The molecule has 18 heavy (non-hydrogen) atoms. The van der Waals surface area contributed by atoms with Crippen LogP contribution in [0.3, 0.4) is 0 Å². The van der Waals surface area contributed by atoms with Crippen molar-refractivity contribution in [3.8, 4) is 0 Å². The van der Waals surface area contributed by atoms with Gasteiger partial charge in [0.05, 0.1) is 11.8 Å². The van der Waals surface area contributed by atoms with Gasteiger partial charge in [0.25, 0.3) is 0 Å². The van der Waals surface area contributed by atoms with Crippen molar-refractivity contribution in [2.75, 3.05) is 0 Å². The number of aliphatic hydroxyl groups excluding tert-OH is 1. The predicted molar refractivity (Wildman–Crippen MR) is 75.4 cm³/mol. The molecule has 1 unspecified atom stereocenters. The number of hydrogen-bond donors (Lipinski definition) is 1. The highest BCUT2D eigenvalue weighted by atomic mass is 16.3. The molecule has 3 heteroatoms. The minimum Gasteiger partial charge on any atom is -0.387 e.